The molecule has 0 rings (SSSR count). The van der Waals surface area contributed by atoms with Crippen molar-refractivity contribution in [2.75, 3.05) is 6.54 Å². The maximum atomic E-state index is 7.85. The summed E-state index contributed by atoms with van der Waals surface area (Å²) in [5.74, 6) is 0. The first-order valence-corrected chi connectivity index (χ1v) is 2.48. The van der Waals surface area contributed by atoms with E-state index in [1.54, 1.807) is 6.19 Å². The molecule has 0 aliphatic rings. The third kappa shape index (κ3) is 4.96. The minimum Gasteiger partial charge on any atom is -0.366 e. The van der Waals surface area contributed by atoms with Crippen molar-refractivity contribution in [1.82, 2.24) is 5.32 Å². The molecule has 1 radical (unpaired) electrons. The maximum Gasteiger partial charge on any atom is 0.207 e. The van der Waals surface area contributed by atoms with Crippen molar-refractivity contribution in [2.24, 2.45) is 4.99 Å². The lowest BCUT2D eigenvalue weighted by atomic mass is 10.5. The van der Waals surface area contributed by atoms with Crippen molar-refractivity contribution in [3.05, 3.63) is 0 Å². The van der Waals surface area contributed by atoms with Crippen LogP contribution in [0.2, 0.25) is 0 Å². The van der Waals surface area contributed by atoms with Crippen LogP contribution >= 0.6 is 0 Å². The molecule has 0 aromatic heterocycles. The van der Waals surface area contributed by atoms with Crippen LogP contribution in [0.15, 0.2) is 4.99 Å². The molecule has 0 aromatic carbocycles. The van der Waals surface area contributed by atoms with Gasteiger partial charge < -0.3 is 5.32 Å². The Morgan fingerprint density at radius 3 is 3.00 bits per heavy atom. The highest BCUT2D eigenvalue weighted by Gasteiger charge is 1.72. The van der Waals surface area contributed by atoms with Gasteiger partial charge >= 0.3 is 0 Å². The number of nitriles is 1. The van der Waals surface area contributed by atoms with Gasteiger partial charge in [-0.15, -0.1) is 0 Å². The second kappa shape index (κ2) is 5.96. The first kappa shape index (κ1) is 6.96. The number of hydrogen-bond acceptors (Lipinski definition) is 2. The van der Waals surface area contributed by atoms with Gasteiger partial charge in [-0.25, -0.2) is 0 Å². The van der Waals surface area contributed by atoms with Gasteiger partial charge in [0.2, 0.25) is 6.19 Å². The van der Waals surface area contributed by atoms with Gasteiger partial charge in [0.05, 0.1) is 0 Å². The zero-order valence-corrected chi connectivity index (χ0v) is 4.81. The van der Waals surface area contributed by atoms with Gasteiger partial charge in [-0.3, -0.25) is 0 Å². The molecular weight excluding hydrogens is 102 g/mol. The van der Waals surface area contributed by atoms with Crippen molar-refractivity contribution in [3.63, 3.8) is 0 Å². The van der Waals surface area contributed by atoms with E-state index in [0.29, 0.717) is 0 Å². The SMILES string of the molecule is CCCN/[C]=N\C#N. The number of hydrogen-bond donors (Lipinski definition) is 1. The molecule has 3 heteroatoms. The molecule has 0 saturated carbocycles. The van der Waals surface area contributed by atoms with Crippen LogP contribution in [0.4, 0.5) is 0 Å². The van der Waals surface area contributed by atoms with E-state index in [-0.39, 0.29) is 0 Å². The summed E-state index contributed by atoms with van der Waals surface area (Å²) in [6.45, 7) is 2.85. The number of rotatable bonds is 3. The average Bonchev–Trinajstić information content (AvgIpc) is 1.81. The molecule has 0 spiro atoms. The summed E-state index contributed by atoms with van der Waals surface area (Å²) in [6, 6.07) is 0. The van der Waals surface area contributed by atoms with Crippen molar-refractivity contribution in [1.29, 1.82) is 5.26 Å². The third-order valence-corrected chi connectivity index (χ3v) is 0.560. The van der Waals surface area contributed by atoms with E-state index in [0.717, 1.165) is 13.0 Å². The Balaban J connectivity index is 2.94. The molecule has 0 amide bonds. The van der Waals surface area contributed by atoms with E-state index < -0.39 is 0 Å². The highest BCUT2D eigenvalue weighted by atomic mass is 14.9. The van der Waals surface area contributed by atoms with E-state index in [2.05, 4.69) is 16.6 Å². The van der Waals surface area contributed by atoms with Crippen LogP contribution in [0.1, 0.15) is 13.3 Å². The third-order valence-electron chi connectivity index (χ3n) is 0.560. The van der Waals surface area contributed by atoms with Crippen molar-refractivity contribution < 1.29 is 0 Å². The Kier molecular flexibility index (Phi) is 5.19. The molecule has 0 aliphatic heterocycles. The van der Waals surface area contributed by atoms with Crippen molar-refractivity contribution in [2.45, 2.75) is 13.3 Å². The topological polar surface area (TPSA) is 48.2 Å². The second-order valence-corrected chi connectivity index (χ2v) is 1.25. The fourth-order valence-corrected chi connectivity index (χ4v) is 0.245. The number of nitrogens with zero attached hydrogens (tertiary/aromatic N) is 2. The monoisotopic (exact) mass is 110 g/mol. The van der Waals surface area contributed by atoms with E-state index in [9.17, 15) is 0 Å². The largest absolute Gasteiger partial charge is 0.366 e. The van der Waals surface area contributed by atoms with E-state index >= 15 is 0 Å². The summed E-state index contributed by atoms with van der Waals surface area (Å²) in [5.41, 5.74) is 0. The van der Waals surface area contributed by atoms with E-state index in [4.69, 9.17) is 5.26 Å². The lowest BCUT2D eigenvalue weighted by Gasteiger charge is -1.87. The van der Waals surface area contributed by atoms with Crippen LogP contribution in [-0.4, -0.2) is 12.9 Å². The molecule has 0 atom stereocenters. The molecule has 0 unspecified atom stereocenters. The molecule has 43 valence electrons. The Bertz CT molecular complexity index is 101. The summed E-state index contributed by atoms with van der Waals surface area (Å²) in [5, 5.41) is 10.5. The summed E-state index contributed by atoms with van der Waals surface area (Å²) in [4.78, 5) is 3.15. The minimum atomic E-state index is 0.825. The quantitative estimate of drug-likeness (QED) is 0.187. The van der Waals surface area contributed by atoms with Crippen LogP contribution < -0.4 is 5.32 Å². The zero-order chi connectivity index (χ0) is 6.24. The van der Waals surface area contributed by atoms with Crippen LogP contribution in [0.3, 0.4) is 0 Å². The molecule has 0 bridgehead atoms. The summed E-state index contributed by atoms with van der Waals surface area (Å²) in [7, 11) is 0. The Hall–Kier alpha value is -1.04. The van der Waals surface area contributed by atoms with Crippen LogP contribution in [0.5, 0.6) is 0 Å². The van der Waals surface area contributed by atoms with Gasteiger partial charge in [0.15, 0.2) is 6.34 Å². The smallest absolute Gasteiger partial charge is 0.207 e. The van der Waals surface area contributed by atoms with Gasteiger partial charge in [-0.05, 0) is 6.42 Å². The standard InChI is InChI=1S/C5H8N3/c1-2-3-7-5-8-4-6/h2-3H2,1H3,(H,7,8). The Morgan fingerprint density at radius 2 is 2.50 bits per heavy atom. The first-order chi connectivity index (χ1) is 3.91. The summed E-state index contributed by atoms with van der Waals surface area (Å²) < 4.78 is 0. The van der Waals surface area contributed by atoms with Crippen LogP contribution in [-0.2, 0) is 0 Å². The lowest BCUT2D eigenvalue weighted by molar-refractivity contribution is 0.851. The van der Waals surface area contributed by atoms with Crippen molar-refractivity contribution >= 4 is 6.34 Å². The van der Waals surface area contributed by atoms with Crippen LogP contribution in [0.25, 0.3) is 0 Å². The van der Waals surface area contributed by atoms with Crippen LogP contribution in [0, 0.1) is 11.5 Å². The number of nitrogens with one attached hydrogen (secondary N) is 1. The minimum absolute atomic E-state index is 0.825. The molecule has 0 saturated heterocycles. The van der Waals surface area contributed by atoms with Gasteiger partial charge in [0, 0.05) is 6.54 Å². The zero-order valence-electron chi connectivity index (χ0n) is 4.81. The predicted octanol–water partition coefficient (Wildman–Crippen LogP) is 0.372. The second-order valence-electron chi connectivity index (χ2n) is 1.25. The fraction of sp³-hybridized carbons (Fsp3) is 0.600. The Labute approximate surface area is 49.0 Å². The summed E-state index contributed by atoms with van der Waals surface area (Å²) in [6.07, 6.45) is 4.95. The average molecular weight is 110 g/mol. The molecule has 0 aromatic rings. The highest BCUT2D eigenvalue weighted by molar-refractivity contribution is 5.55. The lowest BCUT2D eigenvalue weighted by Crippen LogP contribution is -2.10. The maximum absolute atomic E-state index is 7.85. The fourth-order valence-electron chi connectivity index (χ4n) is 0.245. The van der Waals surface area contributed by atoms with E-state index in [1.165, 1.54) is 0 Å². The predicted molar refractivity (Wildman–Crippen MR) is 31.3 cm³/mol. The van der Waals surface area contributed by atoms with Crippen molar-refractivity contribution in [3.8, 4) is 6.19 Å². The van der Waals surface area contributed by atoms with Gasteiger partial charge in [-0.2, -0.15) is 10.3 Å². The van der Waals surface area contributed by atoms with E-state index in [1.807, 2.05) is 6.92 Å². The van der Waals surface area contributed by atoms with Gasteiger partial charge in [-0.1, -0.05) is 6.92 Å². The van der Waals surface area contributed by atoms with Gasteiger partial charge in [0.25, 0.3) is 0 Å². The highest BCUT2D eigenvalue weighted by Crippen LogP contribution is 1.65. The molecule has 0 aliphatic carbocycles. The molecule has 1 N–H and O–H groups in total. The molecule has 8 heavy (non-hydrogen) atoms. The summed E-state index contributed by atoms with van der Waals surface area (Å²) >= 11 is 0. The molecular formula is C5H8N3. The normalized spacial score (nSPS) is 9.00. The molecule has 0 heterocycles. The van der Waals surface area contributed by atoms with Gasteiger partial charge in [0.1, 0.15) is 0 Å². The molecule has 3 nitrogen and oxygen atoms in total. The molecule has 0 fully saturated rings. The Morgan fingerprint density at radius 1 is 1.75 bits per heavy atom. The number of aliphatic imine (C=N–C) groups is 1. The first-order valence-electron chi connectivity index (χ1n) is 2.48.